The predicted molar refractivity (Wildman–Crippen MR) is 113 cm³/mol. The van der Waals surface area contributed by atoms with E-state index in [0.29, 0.717) is 12.4 Å². The molecule has 1 saturated carbocycles. The van der Waals surface area contributed by atoms with Crippen LogP contribution in [0.1, 0.15) is 77.7 Å². The normalized spacial score (nSPS) is 19.4. The molecule has 2 fully saturated rings. The van der Waals surface area contributed by atoms with Gasteiger partial charge in [0.05, 0.1) is 4.88 Å². The number of aromatic carboxylic acids is 1. The Morgan fingerprint density at radius 3 is 2.61 bits per heavy atom. The molecular formula is C21H24F2N4O3S. The zero-order valence-electron chi connectivity index (χ0n) is 17.1. The van der Waals surface area contributed by atoms with Crippen LogP contribution in [-0.4, -0.2) is 50.5 Å². The van der Waals surface area contributed by atoms with Crippen LogP contribution in [0.2, 0.25) is 0 Å². The van der Waals surface area contributed by atoms with Crippen LogP contribution >= 0.6 is 11.3 Å². The molecule has 1 amide bonds. The van der Waals surface area contributed by atoms with E-state index in [4.69, 9.17) is 0 Å². The maximum atomic E-state index is 14.0. The number of likely N-dealkylation sites (tertiary alicyclic amines) is 1. The van der Waals surface area contributed by atoms with Gasteiger partial charge in [-0.2, -0.15) is 0 Å². The molecule has 4 rings (SSSR count). The van der Waals surface area contributed by atoms with Gasteiger partial charge in [0, 0.05) is 36.0 Å². The number of rotatable bonds is 6. The highest BCUT2D eigenvalue weighted by atomic mass is 32.1. The number of alkyl halides is 2. The van der Waals surface area contributed by atoms with Gasteiger partial charge in [0.25, 0.3) is 12.3 Å². The number of thiazole rings is 1. The summed E-state index contributed by atoms with van der Waals surface area (Å²) in [5.74, 6) is -1.38. The summed E-state index contributed by atoms with van der Waals surface area (Å²) in [5, 5.41) is 12.3. The largest absolute Gasteiger partial charge is 0.476 e. The molecule has 0 aromatic carbocycles. The number of carboxylic acids is 1. The Kier molecular flexibility index (Phi) is 6.17. The van der Waals surface area contributed by atoms with Crippen LogP contribution in [-0.2, 0) is 0 Å². The van der Waals surface area contributed by atoms with Crippen molar-refractivity contribution in [2.45, 2.75) is 64.0 Å². The molecular weight excluding hydrogens is 426 g/mol. The summed E-state index contributed by atoms with van der Waals surface area (Å²) < 4.78 is 28.0. The molecule has 0 unspecified atom stereocenters. The van der Waals surface area contributed by atoms with Gasteiger partial charge in [-0.25, -0.2) is 23.5 Å². The van der Waals surface area contributed by atoms with Crippen molar-refractivity contribution in [3.8, 4) is 10.4 Å². The molecule has 7 nitrogen and oxygen atoms in total. The van der Waals surface area contributed by atoms with E-state index in [0.717, 1.165) is 49.9 Å². The highest BCUT2D eigenvalue weighted by Crippen LogP contribution is 2.39. The van der Waals surface area contributed by atoms with E-state index >= 15 is 0 Å². The van der Waals surface area contributed by atoms with E-state index in [1.54, 1.807) is 4.90 Å². The lowest BCUT2D eigenvalue weighted by Crippen LogP contribution is -2.34. The van der Waals surface area contributed by atoms with Gasteiger partial charge in [-0.1, -0.05) is 12.8 Å². The van der Waals surface area contributed by atoms with E-state index in [1.165, 1.54) is 12.3 Å². The summed E-state index contributed by atoms with van der Waals surface area (Å²) in [6, 6.07) is 1.49. The first-order valence-corrected chi connectivity index (χ1v) is 11.3. The molecule has 2 aromatic heterocycles. The van der Waals surface area contributed by atoms with Crippen molar-refractivity contribution in [1.82, 2.24) is 14.9 Å². The maximum Gasteiger partial charge on any atom is 0.365 e. The SMILES string of the molecule is C[C@H]1CCCN1C(=O)c1nc(C(=O)O)sc1-c1cnc(NC2CCCC2)cc1C(F)F. The predicted octanol–water partition coefficient (Wildman–Crippen LogP) is 4.82. The highest BCUT2D eigenvalue weighted by Gasteiger charge is 2.33. The van der Waals surface area contributed by atoms with E-state index in [2.05, 4.69) is 15.3 Å². The molecule has 2 N–H and O–H groups in total. The molecule has 3 heterocycles. The van der Waals surface area contributed by atoms with E-state index in [-0.39, 0.29) is 38.8 Å². The Labute approximate surface area is 182 Å². The third-order valence-corrected chi connectivity index (χ3v) is 7.03. The van der Waals surface area contributed by atoms with Crippen molar-refractivity contribution in [2.75, 3.05) is 11.9 Å². The average molecular weight is 451 g/mol. The van der Waals surface area contributed by atoms with Crippen molar-refractivity contribution in [2.24, 2.45) is 0 Å². The zero-order valence-corrected chi connectivity index (χ0v) is 17.9. The summed E-state index contributed by atoms with van der Waals surface area (Å²) in [4.78, 5) is 34.7. The second-order valence-electron chi connectivity index (χ2n) is 8.07. The molecule has 1 aliphatic heterocycles. The van der Waals surface area contributed by atoms with Crippen molar-refractivity contribution >= 4 is 29.0 Å². The Hall–Kier alpha value is -2.62. The number of nitrogens with zero attached hydrogens (tertiary/aromatic N) is 3. The average Bonchev–Trinajstić information content (AvgIpc) is 3.48. The molecule has 0 spiro atoms. The van der Waals surface area contributed by atoms with Gasteiger partial charge in [-0.15, -0.1) is 11.3 Å². The van der Waals surface area contributed by atoms with Crippen molar-refractivity contribution < 1.29 is 23.5 Å². The first-order chi connectivity index (χ1) is 14.8. The summed E-state index contributed by atoms with van der Waals surface area (Å²) in [6.45, 7) is 2.44. The monoisotopic (exact) mass is 450 g/mol. The lowest BCUT2D eigenvalue weighted by atomic mass is 10.1. The van der Waals surface area contributed by atoms with Crippen LogP contribution < -0.4 is 5.32 Å². The molecule has 2 aromatic rings. The van der Waals surface area contributed by atoms with Crippen molar-refractivity contribution in [1.29, 1.82) is 0 Å². The molecule has 1 saturated heterocycles. The standard InChI is InChI=1S/C21H24F2N4O3S/c1-11-5-4-8-27(11)20(28)16-17(31-19(26-16)21(29)30)14-10-24-15(9-13(14)18(22)23)25-12-6-2-3-7-12/h9-12,18H,2-8H2,1H3,(H,24,25)(H,29,30)/t11-/m0/s1. The number of anilines is 1. The van der Waals surface area contributed by atoms with E-state index in [1.807, 2.05) is 6.92 Å². The van der Waals surface area contributed by atoms with E-state index < -0.39 is 18.3 Å². The molecule has 2 aliphatic rings. The fourth-order valence-electron chi connectivity index (χ4n) is 4.31. The lowest BCUT2D eigenvalue weighted by Gasteiger charge is -2.21. The number of nitrogens with one attached hydrogen (secondary N) is 1. The topological polar surface area (TPSA) is 95.4 Å². The molecule has 31 heavy (non-hydrogen) atoms. The van der Waals surface area contributed by atoms with Crippen molar-refractivity contribution in [3.05, 3.63) is 28.5 Å². The van der Waals surface area contributed by atoms with Crippen LogP contribution in [0.5, 0.6) is 0 Å². The number of aromatic nitrogens is 2. The third-order valence-electron chi connectivity index (χ3n) is 5.95. The Morgan fingerprint density at radius 1 is 1.26 bits per heavy atom. The van der Waals surface area contributed by atoms with Gasteiger partial charge in [0.1, 0.15) is 11.5 Å². The van der Waals surface area contributed by atoms with Gasteiger partial charge in [-0.3, -0.25) is 4.79 Å². The summed E-state index contributed by atoms with van der Waals surface area (Å²) in [5.41, 5.74) is -0.344. The molecule has 1 atom stereocenters. The smallest absolute Gasteiger partial charge is 0.365 e. The number of pyridine rings is 1. The Balaban J connectivity index is 1.75. The second kappa shape index (κ2) is 8.86. The van der Waals surface area contributed by atoms with E-state index in [9.17, 15) is 23.5 Å². The molecule has 0 radical (unpaired) electrons. The van der Waals surface area contributed by atoms with Gasteiger partial charge >= 0.3 is 5.97 Å². The van der Waals surface area contributed by atoms with Gasteiger partial charge < -0.3 is 15.3 Å². The summed E-state index contributed by atoms with van der Waals surface area (Å²) in [6.07, 6.45) is 4.28. The number of halogens is 2. The Bertz CT molecular complexity index is 991. The van der Waals surface area contributed by atoms with Crippen LogP contribution in [0.25, 0.3) is 10.4 Å². The minimum atomic E-state index is -2.81. The minimum absolute atomic E-state index is 0.0130. The maximum absolute atomic E-state index is 14.0. The van der Waals surface area contributed by atoms with Crippen LogP contribution in [0.3, 0.4) is 0 Å². The summed E-state index contributed by atoms with van der Waals surface area (Å²) >= 11 is 0.728. The first-order valence-electron chi connectivity index (χ1n) is 10.4. The third kappa shape index (κ3) is 4.39. The number of carboxylic acid groups (broad SMARTS) is 1. The number of carbonyl (C=O) groups is 2. The fraction of sp³-hybridized carbons (Fsp3) is 0.524. The van der Waals surface area contributed by atoms with Crippen molar-refractivity contribution in [3.63, 3.8) is 0 Å². The lowest BCUT2D eigenvalue weighted by molar-refractivity contribution is 0.0696. The van der Waals surface area contributed by atoms with Crippen LogP contribution in [0, 0.1) is 0 Å². The van der Waals surface area contributed by atoms with Gasteiger partial charge in [-0.05, 0) is 38.7 Å². The van der Waals surface area contributed by atoms with Gasteiger partial charge in [0.2, 0.25) is 5.01 Å². The van der Waals surface area contributed by atoms with Crippen LogP contribution in [0.15, 0.2) is 12.3 Å². The minimum Gasteiger partial charge on any atom is -0.476 e. The molecule has 10 heteroatoms. The molecule has 166 valence electrons. The second-order valence-corrected chi connectivity index (χ2v) is 9.07. The first kappa shape index (κ1) is 21.6. The fourth-order valence-corrected chi connectivity index (χ4v) is 5.24. The molecule has 1 aliphatic carbocycles. The highest BCUT2D eigenvalue weighted by molar-refractivity contribution is 7.17. The number of hydrogen-bond donors (Lipinski definition) is 2. The number of amides is 1. The summed E-state index contributed by atoms with van der Waals surface area (Å²) in [7, 11) is 0. The number of hydrogen-bond acceptors (Lipinski definition) is 6. The Morgan fingerprint density at radius 2 is 2.00 bits per heavy atom. The quantitative estimate of drug-likeness (QED) is 0.655. The van der Waals surface area contributed by atoms with Gasteiger partial charge in [0.15, 0.2) is 0 Å². The zero-order chi connectivity index (χ0) is 22.1. The molecule has 0 bridgehead atoms. The number of carbonyl (C=O) groups excluding carboxylic acids is 1. The van der Waals surface area contributed by atoms with Crippen LogP contribution in [0.4, 0.5) is 14.6 Å².